The number of carbonyl (C=O) groups is 1. The maximum absolute atomic E-state index is 11.6. The Hall–Kier alpha value is -2.69. The van der Waals surface area contributed by atoms with E-state index in [0.29, 0.717) is 11.3 Å². The minimum absolute atomic E-state index is 0.341. The minimum Gasteiger partial charge on any atom is -0.497 e. The van der Waals surface area contributed by atoms with Crippen molar-refractivity contribution in [2.75, 3.05) is 25.3 Å². The third-order valence-corrected chi connectivity index (χ3v) is 3.17. The van der Waals surface area contributed by atoms with E-state index in [0.717, 1.165) is 22.7 Å². The summed E-state index contributed by atoms with van der Waals surface area (Å²) in [7, 11) is 2.96. The fourth-order valence-corrected chi connectivity index (χ4v) is 1.98. The van der Waals surface area contributed by atoms with Gasteiger partial charge in [-0.25, -0.2) is 4.79 Å². The molecule has 21 heavy (non-hydrogen) atoms. The summed E-state index contributed by atoms with van der Waals surface area (Å²) in [5.41, 5.74) is 9.23. The lowest BCUT2D eigenvalue weighted by Gasteiger charge is -2.12. The number of anilines is 3. The van der Waals surface area contributed by atoms with Gasteiger partial charge >= 0.3 is 5.97 Å². The molecule has 0 spiro atoms. The lowest BCUT2D eigenvalue weighted by molar-refractivity contribution is 0.0602. The highest BCUT2D eigenvalue weighted by molar-refractivity contribution is 5.96. The van der Waals surface area contributed by atoms with Crippen molar-refractivity contribution in [2.45, 2.75) is 6.92 Å². The summed E-state index contributed by atoms with van der Waals surface area (Å²) < 4.78 is 9.89. The molecular formula is C16H18N2O3. The smallest absolute Gasteiger partial charge is 0.340 e. The number of benzene rings is 2. The summed E-state index contributed by atoms with van der Waals surface area (Å²) >= 11 is 0. The van der Waals surface area contributed by atoms with Gasteiger partial charge in [0.2, 0.25) is 0 Å². The number of carbonyl (C=O) groups excluding carboxylic acids is 1. The van der Waals surface area contributed by atoms with Gasteiger partial charge in [-0.3, -0.25) is 0 Å². The van der Waals surface area contributed by atoms with E-state index in [1.807, 2.05) is 31.2 Å². The number of nitrogens with two attached hydrogens (primary N) is 1. The van der Waals surface area contributed by atoms with Crippen molar-refractivity contribution in [3.63, 3.8) is 0 Å². The first-order chi connectivity index (χ1) is 10.0. The predicted molar refractivity (Wildman–Crippen MR) is 83.2 cm³/mol. The average Bonchev–Trinajstić information content (AvgIpc) is 2.50. The SMILES string of the molecule is COC(=O)c1cc(Nc2ccc(OC)cc2C)ccc1N. The van der Waals surface area contributed by atoms with Gasteiger partial charge in [0.15, 0.2) is 0 Å². The molecule has 0 saturated heterocycles. The number of hydrogen-bond donors (Lipinski definition) is 2. The first-order valence-electron chi connectivity index (χ1n) is 6.44. The number of hydrogen-bond acceptors (Lipinski definition) is 5. The molecule has 0 aliphatic rings. The molecule has 110 valence electrons. The summed E-state index contributed by atoms with van der Waals surface area (Å²) in [6.45, 7) is 1.98. The Labute approximate surface area is 123 Å². The van der Waals surface area contributed by atoms with Crippen molar-refractivity contribution in [3.05, 3.63) is 47.5 Å². The van der Waals surface area contributed by atoms with Crippen molar-refractivity contribution in [1.82, 2.24) is 0 Å². The number of nitrogen functional groups attached to an aromatic ring is 1. The van der Waals surface area contributed by atoms with E-state index < -0.39 is 5.97 Å². The zero-order valence-corrected chi connectivity index (χ0v) is 12.3. The maximum Gasteiger partial charge on any atom is 0.340 e. The number of aryl methyl sites for hydroxylation is 1. The van der Waals surface area contributed by atoms with Crippen LogP contribution in [0.4, 0.5) is 17.1 Å². The second-order valence-electron chi connectivity index (χ2n) is 4.60. The highest BCUT2D eigenvalue weighted by atomic mass is 16.5. The number of methoxy groups -OCH3 is 2. The van der Waals surface area contributed by atoms with Crippen molar-refractivity contribution >= 4 is 23.0 Å². The van der Waals surface area contributed by atoms with Crippen molar-refractivity contribution in [2.24, 2.45) is 0 Å². The van der Waals surface area contributed by atoms with Crippen molar-refractivity contribution in [1.29, 1.82) is 0 Å². The fourth-order valence-electron chi connectivity index (χ4n) is 1.98. The van der Waals surface area contributed by atoms with Crippen LogP contribution in [-0.4, -0.2) is 20.2 Å². The molecule has 0 atom stereocenters. The molecule has 0 unspecified atom stereocenters. The quantitative estimate of drug-likeness (QED) is 0.667. The molecule has 5 heteroatoms. The zero-order valence-electron chi connectivity index (χ0n) is 12.3. The summed E-state index contributed by atoms with van der Waals surface area (Å²) in [6, 6.07) is 10.9. The molecule has 0 aliphatic carbocycles. The molecule has 0 heterocycles. The van der Waals surface area contributed by atoms with Gasteiger partial charge in [-0.2, -0.15) is 0 Å². The van der Waals surface area contributed by atoms with Crippen LogP contribution in [0.3, 0.4) is 0 Å². The highest BCUT2D eigenvalue weighted by Gasteiger charge is 2.11. The normalized spacial score (nSPS) is 10.0. The number of esters is 1. The molecule has 3 N–H and O–H groups in total. The molecule has 0 bridgehead atoms. The average molecular weight is 286 g/mol. The van der Waals surface area contributed by atoms with E-state index in [4.69, 9.17) is 15.2 Å². The fraction of sp³-hybridized carbons (Fsp3) is 0.188. The van der Waals surface area contributed by atoms with E-state index in [1.165, 1.54) is 7.11 Å². The molecule has 0 aromatic heterocycles. The first kappa shape index (κ1) is 14.7. The summed E-state index contributed by atoms with van der Waals surface area (Å²) in [6.07, 6.45) is 0. The second-order valence-corrected chi connectivity index (χ2v) is 4.60. The topological polar surface area (TPSA) is 73.6 Å². The van der Waals surface area contributed by atoms with Crippen LogP contribution >= 0.6 is 0 Å². The molecule has 2 aromatic rings. The number of rotatable bonds is 4. The van der Waals surface area contributed by atoms with Crippen LogP contribution in [-0.2, 0) is 4.74 Å². The third kappa shape index (κ3) is 3.25. The summed E-state index contributed by atoms with van der Waals surface area (Å²) in [5.74, 6) is 0.341. The molecule has 0 fully saturated rings. The molecule has 0 amide bonds. The lowest BCUT2D eigenvalue weighted by atomic mass is 10.1. The Bertz CT molecular complexity index is 669. The Morgan fingerprint density at radius 1 is 1.14 bits per heavy atom. The van der Waals surface area contributed by atoms with Gasteiger partial charge in [-0.05, 0) is 48.9 Å². The van der Waals surface area contributed by atoms with Crippen LogP contribution in [0.15, 0.2) is 36.4 Å². The Kier molecular flexibility index (Phi) is 4.33. The molecular weight excluding hydrogens is 268 g/mol. The van der Waals surface area contributed by atoms with Crippen molar-refractivity contribution < 1.29 is 14.3 Å². The zero-order chi connectivity index (χ0) is 15.4. The highest BCUT2D eigenvalue weighted by Crippen LogP contribution is 2.26. The van der Waals surface area contributed by atoms with Crippen LogP contribution in [0.1, 0.15) is 15.9 Å². The largest absolute Gasteiger partial charge is 0.497 e. The van der Waals surface area contributed by atoms with Gasteiger partial charge in [0.25, 0.3) is 0 Å². The van der Waals surface area contributed by atoms with E-state index >= 15 is 0 Å². The van der Waals surface area contributed by atoms with Crippen LogP contribution in [0.5, 0.6) is 5.75 Å². The Morgan fingerprint density at radius 2 is 1.90 bits per heavy atom. The van der Waals surface area contributed by atoms with Crippen LogP contribution < -0.4 is 15.8 Å². The number of nitrogens with one attached hydrogen (secondary N) is 1. The van der Waals surface area contributed by atoms with Gasteiger partial charge in [0.1, 0.15) is 5.75 Å². The van der Waals surface area contributed by atoms with Crippen LogP contribution in [0.25, 0.3) is 0 Å². The molecule has 0 saturated carbocycles. The van der Waals surface area contributed by atoms with Crippen molar-refractivity contribution in [3.8, 4) is 5.75 Å². The van der Waals surface area contributed by atoms with Gasteiger partial charge in [0.05, 0.1) is 19.8 Å². The monoisotopic (exact) mass is 286 g/mol. The Balaban J connectivity index is 2.30. The second kappa shape index (κ2) is 6.17. The molecule has 0 radical (unpaired) electrons. The van der Waals surface area contributed by atoms with Gasteiger partial charge in [0, 0.05) is 17.1 Å². The van der Waals surface area contributed by atoms with Crippen LogP contribution in [0, 0.1) is 6.92 Å². The van der Waals surface area contributed by atoms with E-state index in [-0.39, 0.29) is 0 Å². The standard InChI is InChI=1S/C16H18N2O3/c1-10-8-12(20-2)5-7-15(10)18-11-4-6-14(17)13(9-11)16(19)21-3/h4-9,18H,17H2,1-3H3. The van der Waals surface area contributed by atoms with Gasteiger partial charge in [-0.15, -0.1) is 0 Å². The van der Waals surface area contributed by atoms with E-state index in [2.05, 4.69) is 5.32 Å². The first-order valence-corrected chi connectivity index (χ1v) is 6.44. The minimum atomic E-state index is -0.456. The van der Waals surface area contributed by atoms with Gasteiger partial charge in [-0.1, -0.05) is 0 Å². The maximum atomic E-state index is 11.6. The van der Waals surface area contributed by atoms with Gasteiger partial charge < -0.3 is 20.5 Å². The summed E-state index contributed by atoms with van der Waals surface area (Å²) in [5, 5.41) is 3.25. The Morgan fingerprint density at radius 3 is 2.52 bits per heavy atom. The number of ether oxygens (including phenoxy) is 2. The lowest BCUT2D eigenvalue weighted by Crippen LogP contribution is -2.06. The van der Waals surface area contributed by atoms with E-state index in [9.17, 15) is 4.79 Å². The van der Waals surface area contributed by atoms with Crippen LogP contribution in [0.2, 0.25) is 0 Å². The predicted octanol–water partition coefficient (Wildman–Crippen LogP) is 3.12. The van der Waals surface area contributed by atoms with E-state index in [1.54, 1.807) is 19.2 Å². The third-order valence-electron chi connectivity index (χ3n) is 3.17. The molecule has 2 aromatic carbocycles. The molecule has 5 nitrogen and oxygen atoms in total. The summed E-state index contributed by atoms with van der Waals surface area (Å²) in [4.78, 5) is 11.6. The molecule has 0 aliphatic heterocycles. The molecule has 2 rings (SSSR count).